The Bertz CT molecular complexity index is 1230. The van der Waals surface area contributed by atoms with Crippen molar-refractivity contribution in [3.8, 4) is 0 Å². The third-order valence-electron chi connectivity index (χ3n) is 6.79. The highest BCUT2D eigenvalue weighted by Crippen LogP contribution is 2.43. The van der Waals surface area contributed by atoms with E-state index >= 15 is 0 Å². The van der Waals surface area contributed by atoms with Crippen LogP contribution in [0.5, 0.6) is 0 Å². The third-order valence-corrected chi connectivity index (χ3v) is 6.99. The van der Waals surface area contributed by atoms with Crippen molar-refractivity contribution in [2.24, 2.45) is 0 Å². The molecule has 8 heteroatoms. The molecule has 1 aliphatic heterocycles. The standard InChI is InChI=1S/C26H31ClN6O/c1-15-6-8-33(9-7-29-15)25-21-10-16(2)31-23(18-4-5-18)24(21)30-14-22(25)26(34)32-17(3)19-11-20(27)13-28-12-19/h10-15,17-18,29H,4-9H2,1-3H3,(H,32,34)/t15-,17-/m0/s1. The fraction of sp³-hybridized carbons (Fsp3) is 0.462. The lowest BCUT2D eigenvalue weighted by Crippen LogP contribution is -2.33. The summed E-state index contributed by atoms with van der Waals surface area (Å²) in [4.78, 5) is 29.8. The van der Waals surface area contributed by atoms with E-state index in [1.54, 1.807) is 18.6 Å². The zero-order valence-electron chi connectivity index (χ0n) is 19.9. The maximum atomic E-state index is 13.6. The second-order valence-electron chi connectivity index (χ2n) is 9.60. The van der Waals surface area contributed by atoms with Gasteiger partial charge >= 0.3 is 0 Å². The molecule has 0 radical (unpaired) electrons. The normalized spacial score (nSPS) is 19.6. The molecular weight excluding hydrogens is 448 g/mol. The van der Waals surface area contributed by atoms with Crippen molar-refractivity contribution in [1.29, 1.82) is 0 Å². The van der Waals surface area contributed by atoms with Gasteiger partial charge in [-0.3, -0.25) is 19.7 Å². The van der Waals surface area contributed by atoms with Gasteiger partial charge in [0.2, 0.25) is 0 Å². The van der Waals surface area contributed by atoms with Crippen LogP contribution in [0.1, 0.15) is 72.4 Å². The fourth-order valence-corrected chi connectivity index (χ4v) is 4.93. The first kappa shape index (κ1) is 23.0. The largest absolute Gasteiger partial charge is 0.369 e. The van der Waals surface area contributed by atoms with Crippen LogP contribution < -0.4 is 15.5 Å². The fourth-order valence-electron chi connectivity index (χ4n) is 4.75. The van der Waals surface area contributed by atoms with E-state index in [0.717, 1.165) is 72.4 Å². The Morgan fingerprint density at radius 2 is 2.03 bits per heavy atom. The molecule has 0 unspecified atom stereocenters. The summed E-state index contributed by atoms with van der Waals surface area (Å²) in [6.07, 6.45) is 8.38. The van der Waals surface area contributed by atoms with E-state index in [1.165, 1.54) is 0 Å². The predicted octanol–water partition coefficient (Wildman–Crippen LogP) is 4.54. The summed E-state index contributed by atoms with van der Waals surface area (Å²) in [6.45, 7) is 8.76. The van der Waals surface area contributed by atoms with Crippen LogP contribution in [-0.4, -0.2) is 46.5 Å². The van der Waals surface area contributed by atoms with Crippen LogP contribution in [0.4, 0.5) is 5.69 Å². The van der Waals surface area contributed by atoms with Gasteiger partial charge in [0, 0.05) is 61.3 Å². The van der Waals surface area contributed by atoms with E-state index in [9.17, 15) is 4.79 Å². The van der Waals surface area contributed by atoms with Gasteiger partial charge in [0.25, 0.3) is 5.91 Å². The number of amides is 1. The van der Waals surface area contributed by atoms with Crippen LogP contribution in [0.3, 0.4) is 0 Å². The highest BCUT2D eigenvalue weighted by molar-refractivity contribution is 6.30. The zero-order chi connectivity index (χ0) is 23.8. The van der Waals surface area contributed by atoms with E-state index in [-0.39, 0.29) is 11.9 Å². The summed E-state index contributed by atoms with van der Waals surface area (Å²) in [5, 5.41) is 8.27. The molecule has 2 aliphatic rings. The first-order chi connectivity index (χ1) is 16.4. The maximum Gasteiger partial charge on any atom is 0.255 e. The molecule has 2 fully saturated rings. The number of fused-ring (bicyclic) bond motifs is 1. The number of carbonyl (C=O) groups excluding carboxylic acids is 1. The Balaban J connectivity index is 1.58. The molecule has 1 aliphatic carbocycles. The monoisotopic (exact) mass is 478 g/mol. The molecule has 2 atom stereocenters. The van der Waals surface area contributed by atoms with Crippen molar-refractivity contribution in [3.05, 3.63) is 58.3 Å². The van der Waals surface area contributed by atoms with Crippen molar-refractivity contribution in [2.75, 3.05) is 24.5 Å². The molecule has 0 aromatic carbocycles. The van der Waals surface area contributed by atoms with Gasteiger partial charge in [-0.25, -0.2) is 0 Å². The predicted molar refractivity (Wildman–Crippen MR) is 136 cm³/mol. The van der Waals surface area contributed by atoms with E-state index in [1.807, 2.05) is 19.9 Å². The third kappa shape index (κ3) is 4.72. The first-order valence-corrected chi connectivity index (χ1v) is 12.5. The van der Waals surface area contributed by atoms with E-state index in [2.05, 4.69) is 33.5 Å². The first-order valence-electron chi connectivity index (χ1n) is 12.1. The van der Waals surface area contributed by atoms with Crippen LogP contribution in [0.2, 0.25) is 5.02 Å². The van der Waals surface area contributed by atoms with Gasteiger partial charge in [-0.2, -0.15) is 0 Å². The Morgan fingerprint density at radius 3 is 2.79 bits per heavy atom. The SMILES string of the molecule is Cc1cc2c(N3CCN[C@@H](C)CC3)c(C(=O)N[C@@H](C)c3cncc(Cl)c3)cnc2c(C2CC2)n1. The molecule has 1 amide bonds. The molecule has 34 heavy (non-hydrogen) atoms. The molecule has 7 nitrogen and oxygen atoms in total. The molecule has 0 spiro atoms. The van der Waals surface area contributed by atoms with Crippen molar-refractivity contribution < 1.29 is 4.79 Å². The highest BCUT2D eigenvalue weighted by Gasteiger charge is 2.30. The Kier molecular flexibility index (Phi) is 6.40. The number of hydrogen-bond donors (Lipinski definition) is 2. The number of nitrogens with one attached hydrogen (secondary N) is 2. The zero-order valence-corrected chi connectivity index (χ0v) is 20.7. The second kappa shape index (κ2) is 9.47. The average molecular weight is 479 g/mol. The lowest BCUT2D eigenvalue weighted by Gasteiger charge is -2.27. The Hall–Kier alpha value is -2.77. The van der Waals surface area contributed by atoms with Crippen LogP contribution in [0, 0.1) is 6.92 Å². The second-order valence-corrected chi connectivity index (χ2v) is 10.0. The van der Waals surface area contributed by atoms with Gasteiger partial charge in [-0.05, 0) is 57.7 Å². The lowest BCUT2D eigenvalue weighted by molar-refractivity contribution is 0.0940. The summed E-state index contributed by atoms with van der Waals surface area (Å²) in [5.41, 5.74) is 5.38. The summed E-state index contributed by atoms with van der Waals surface area (Å²) >= 11 is 6.12. The molecular formula is C26H31ClN6O. The average Bonchev–Trinajstić information content (AvgIpc) is 3.66. The molecule has 3 aromatic rings. The molecule has 178 valence electrons. The number of aromatic nitrogens is 3. The smallest absolute Gasteiger partial charge is 0.255 e. The van der Waals surface area contributed by atoms with Crippen LogP contribution in [0.25, 0.3) is 10.9 Å². The highest BCUT2D eigenvalue weighted by atomic mass is 35.5. The van der Waals surface area contributed by atoms with E-state index < -0.39 is 0 Å². The Morgan fingerprint density at radius 1 is 1.21 bits per heavy atom. The van der Waals surface area contributed by atoms with Crippen molar-refractivity contribution in [3.63, 3.8) is 0 Å². The minimum absolute atomic E-state index is 0.149. The van der Waals surface area contributed by atoms with Gasteiger partial charge in [-0.1, -0.05) is 11.6 Å². The Labute approximate surface area is 205 Å². The number of anilines is 1. The van der Waals surface area contributed by atoms with Crippen LogP contribution >= 0.6 is 11.6 Å². The van der Waals surface area contributed by atoms with Gasteiger partial charge < -0.3 is 15.5 Å². The summed E-state index contributed by atoms with van der Waals surface area (Å²) in [5.74, 6) is 0.327. The van der Waals surface area contributed by atoms with Crippen molar-refractivity contribution in [1.82, 2.24) is 25.6 Å². The molecule has 1 saturated carbocycles. The molecule has 3 aromatic heterocycles. The number of nitrogens with zero attached hydrogens (tertiary/aromatic N) is 4. The van der Waals surface area contributed by atoms with Gasteiger partial charge in [-0.15, -0.1) is 0 Å². The van der Waals surface area contributed by atoms with Crippen LogP contribution in [0.15, 0.2) is 30.7 Å². The van der Waals surface area contributed by atoms with Gasteiger partial charge in [0.05, 0.1) is 33.5 Å². The number of aryl methyl sites for hydroxylation is 1. The molecule has 2 N–H and O–H groups in total. The number of hydrogen-bond acceptors (Lipinski definition) is 6. The van der Waals surface area contributed by atoms with E-state index in [4.69, 9.17) is 21.6 Å². The number of pyridine rings is 3. The quantitative estimate of drug-likeness (QED) is 0.560. The lowest BCUT2D eigenvalue weighted by atomic mass is 10.0. The number of halogens is 1. The molecule has 1 saturated heterocycles. The van der Waals surface area contributed by atoms with Crippen molar-refractivity contribution >= 4 is 34.1 Å². The summed E-state index contributed by atoms with van der Waals surface area (Å²) in [6, 6.07) is 4.12. The number of rotatable bonds is 5. The maximum absolute atomic E-state index is 13.6. The summed E-state index contributed by atoms with van der Waals surface area (Å²) < 4.78 is 0. The van der Waals surface area contributed by atoms with E-state index in [0.29, 0.717) is 22.5 Å². The minimum Gasteiger partial charge on any atom is -0.369 e. The minimum atomic E-state index is -0.241. The van der Waals surface area contributed by atoms with Crippen molar-refractivity contribution in [2.45, 2.75) is 58.0 Å². The van der Waals surface area contributed by atoms with Gasteiger partial charge in [0.15, 0.2) is 0 Å². The molecule has 0 bridgehead atoms. The molecule has 4 heterocycles. The topological polar surface area (TPSA) is 83.0 Å². The number of carbonyl (C=O) groups is 1. The van der Waals surface area contributed by atoms with Crippen LogP contribution in [-0.2, 0) is 0 Å². The molecule has 5 rings (SSSR count). The summed E-state index contributed by atoms with van der Waals surface area (Å²) in [7, 11) is 0. The van der Waals surface area contributed by atoms with Gasteiger partial charge in [0.1, 0.15) is 0 Å².